The van der Waals surface area contributed by atoms with Crippen molar-refractivity contribution in [2.45, 2.75) is 89.3 Å². The first-order valence-electron chi connectivity index (χ1n) is 11.9. The summed E-state index contributed by atoms with van der Waals surface area (Å²) in [6.07, 6.45) is 14.2. The highest BCUT2D eigenvalue weighted by Crippen LogP contribution is 2.70. The van der Waals surface area contributed by atoms with E-state index in [0.717, 1.165) is 38.5 Å². The molecule has 0 spiro atoms. The van der Waals surface area contributed by atoms with Crippen molar-refractivity contribution < 1.29 is 19.4 Å². The number of fused-ring (bicyclic) bond motifs is 5. The smallest absolute Gasteiger partial charge is 0.0937 e. The van der Waals surface area contributed by atoms with Crippen LogP contribution in [0.3, 0.4) is 0 Å². The van der Waals surface area contributed by atoms with Crippen LogP contribution in [0.5, 0.6) is 0 Å². The van der Waals surface area contributed by atoms with Crippen LogP contribution in [0, 0.1) is 28.6 Å². The van der Waals surface area contributed by atoms with Crippen LogP contribution in [0.4, 0.5) is 0 Å². The summed E-state index contributed by atoms with van der Waals surface area (Å²) >= 11 is 0. The molecular weight excluding hydrogens is 364 g/mol. The summed E-state index contributed by atoms with van der Waals surface area (Å²) in [7, 11) is 0. The largest absolute Gasteiger partial charge is 0.472 e. The molecule has 0 amide bonds. The summed E-state index contributed by atoms with van der Waals surface area (Å²) in [6.45, 7) is 5.47. The number of ether oxygens (including phenoxy) is 1. The number of aliphatic hydroxyl groups is 2. The van der Waals surface area contributed by atoms with E-state index in [1.54, 1.807) is 6.26 Å². The van der Waals surface area contributed by atoms with Crippen LogP contribution in [0.25, 0.3) is 0 Å². The Bertz CT molecular complexity index is 716. The minimum Gasteiger partial charge on any atom is -0.472 e. The number of hydrogen-bond acceptors (Lipinski definition) is 4. The van der Waals surface area contributed by atoms with Gasteiger partial charge in [0.2, 0.25) is 0 Å². The highest BCUT2D eigenvalue weighted by molar-refractivity contribution is 5.26. The minimum absolute atomic E-state index is 0.0390. The average molecular weight is 403 g/mol. The van der Waals surface area contributed by atoms with E-state index < -0.39 is 5.60 Å². The predicted molar refractivity (Wildman–Crippen MR) is 111 cm³/mol. The van der Waals surface area contributed by atoms with Crippen LogP contribution in [-0.2, 0) is 4.74 Å². The van der Waals surface area contributed by atoms with E-state index in [1.165, 1.54) is 24.8 Å². The maximum Gasteiger partial charge on any atom is 0.0937 e. The second-order valence-electron chi connectivity index (χ2n) is 11.0. The molecule has 4 saturated carbocycles. The van der Waals surface area contributed by atoms with Crippen molar-refractivity contribution in [3.05, 3.63) is 24.2 Å². The van der Waals surface area contributed by atoms with Crippen LogP contribution < -0.4 is 0 Å². The van der Waals surface area contributed by atoms with Gasteiger partial charge in [-0.1, -0.05) is 13.8 Å². The lowest BCUT2D eigenvalue weighted by molar-refractivity contribution is -0.207. The third-order valence-electron chi connectivity index (χ3n) is 10.2. The van der Waals surface area contributed by atoms with Gasteiger partial charge in [-0.2, -0.15) is 0 Å². The van der Waals surface area contributed by atoms with Crippen LogP contribution >= 0.6 is 0 Å². The van der Waals surface area contributed by atoms with Gasteiger partial charge in [0, 0.05) is 5.41 Å². The molecule has 0 aliphatic heterocycles. The maximum absolute atomic E-state index is 12.2. The molecule has 162 valence electrons. The summed E-state index contributed by atoms with van der Waals surface area (Å²) in [6, 6.07) is 2.11. The van der Waals surface area contributed by atoms with Crippen molar-refractivity contribution in [3.8, 4) is 0 Å². The van der Waals surface area contributed by atoms with Crippen LogP contribution in [0.2, 0.25) is 0 Å². The quantitative estimate of drug-likeness (QED) is 0.752. The number of rotatable bonds is 4. The van der Waals surface area contributed by atoms with Gasteiger partial charge in [0.25, 0.3) is 0 Å². The number of hydrogen-bond donors (Lipinski definition) is 2. The molecule has 4 heteroatoms. The molecule has 4 fully saturated rings. The zero-order valence-electron chi connectivity index (χ0n) is 18.1. The molecule has 3 unspecified atom stereocenters. The maximum atomic E-state index is 12.2. The molecule has 0 bridgehead atoms. The van der Waals surface area contributed by atoms with Crippen molar-refractivity contribution in [1.82, 2.24) is 0 Å². The molecule has 8 atom stereocenters. The van der Waals surface area contributed by atoms with E-state index in [0.29, 0.717) is 41.8 Å². The molecule has 5 rings (SSSR count). The normalized spacial score (nSPS) is 49.3. The second kappa shape index (κ2) is 7.10. The van der Waals surface area contributed by atoms with E-state index in [4.69, 9.17) is 14.3 Å². The van der Waals surface area contributed by atoms with Crippen molar-refractivity contribution >= 4 is 0 Å². The lowest BCUT2D eigenvalue weighted by Gasteiger charge is -2.63. The Balaban J connectivity index is 1.39. The third-order valence-corrected chi connectivity index (χ3v) is 10.2. The van der Waals surface area contributed by atoms with Gasteiger partial charge in [0.1, 0.15) is 0 Å². The van der Waals surface area contributed by atoms with Gasteiger partial charge >= 0.3 is 0 Å². The summed E-state index contributed by atoms with van der Waals surface area (Å²) in [5.41, 5.74) is 1.02. The number of furan rings is 1. The van der Waals surface area contributed by atoms with Crippen molar-refractivity contribution in [2.24, 2.45) is 28.6 Å². The highest BCUT2D eigenvalue weighted by Gasteiger charge is 2.67. The molecule has 0 radical (unpaired) electrons. The first-order valence-corrected chi connectivity index (χ1v) is 11.9. The van der Waals surface area contributed by atoms with Gasteiger partial charge in [-0.25, -0.2) is 0 Å². The van der Waals surface area contributed by atoms with Crippen molar-refractivity contribution in [1.29, 1.82) is 0 Å². The molecule has 1 aromatic rings. The predicted octanol–water partition coefficient (Wildman–Crippen LogP) is 4.90. The topological polar surface area (TPSA) is 62.8 Å². The van der Waals surface area contributed by atoms with E-state index >= 15 is 0 Å². The summed E-state index contributed by atoms with van der Waals surface area (Å²) in [4.78, 5) is 0. The molecule has 1 heterocycles. The molecule has 29 heavy (non-hydrogen) atoms. The van der Waals surface area contributed by atoms with Gasteiger partial charge in [0.05, 0.1) is 37.4 Å². The molecule has 1 aromatic heterocycles. The van der Waals surface area contributed by atoms with Crippen molar-refractivity contribution in [2.75, 3.05) is 13.2 Å². The Labute approximate surface area is 175 Å². The Hall–Kier alpha value is -0.840. The molecule has 2 N–H and O–H groups in total. The minimum atomic E-state index is -0.546. The van der Waals surface area contributed by atoms with Gasteiger partial charge in [-0.3, -0.25) is 0 Å². The molecule has 4 nitrogen and oxygen atoms in total. The lowest BCUT2D eigenvalue weighted by atomic mass is 9.43. The number of aliphatic hydroxyl groups excluding tert-OH is 1. The Kier molecular flexibility index (Phi) is 4.92. The molecule has 0 saturated heterocycles. The fourth-order valence-corrected chi connectivity index (χ4v) is 8.56. The first-order chi connectivity index (χ1) is 13.9. The van der Waals surface area contributed by atoms with Gasteiger partial charge in [-0.15, -0.1) is 0 Å². The van der Waals surface area contributed by atoms with E-state index in [2.05, 4.69) is 19.9 Å². The fraction of sp³-hybridized carbons (Fsp3) is 0.840. The van der Waals surface area contributed by atoms with Crippen LogP contribution in [-0.4, -0.2) is 35.1 Å². The van der Waals surface area contributed by atoms with Gasteiger partial charge in [0.15, 0.2) is 0 Å². The molecule has 0 aromatic carbocycles. The van der Waals surface area contributed by atoms with Crippen molar-refractivity contribution in [3.63, 3.8) is 0 Å². The van der Waals surface area contributed by atoms with Crippen LogP contribution in [0.1, 0.15) is 83.1 Å². The van der Waals surface area contributed by atoms with E-state index in [-0.39, 0.29) is 12.0 Å². The molecule has 4 aliphatic rings. The SMILES string of the molecule is C[C@]12CCC(OCCO)CC1CC[C@@H]1[C@H]2CC[C@]2(C)C(c3ccoc3)CC[C@@]12O. The Morgan fingerprint density at radius 3 is 2.69 bits per heavy atom. The lowest BCUT2D eigenvalue weighted by Crippen LogP contribution is -2.62. The van der Waals surface area contributed by atoms with E-state index in [9.17, 15) is 5.11 Å². The van der Waals surface area contributed by atoms with E-state index in [1.807, 2.05) is 6.26 Å². The zero-order valence-corrected chi connectivity index (χ0v) is 18.1. The first kappa shape index (κ1) is 20.1. The summed E-state index contributed by atoms with van der Waals surface area (Å²) in [5, 5.41) is 21.3. The highest BCUT2D eigenvalue weighted by atomic mass is 16.5. The standard InChI is InChI=1S/C25H38O4/c1-23-9-5-19(29-14-12-26)15-18(23)3-4-22-21(23)6-10-24(2)20(7-11-25(22,24)27)17-8-13-28-16-17/h8,13,16,18-22,26-27H,3-7,9-12,14-15H2,1-2H3/t18?,19?,20?,21-,22-,23+,24-,25-/m1/s1. The second-order valence-corrected chi connectivity index (χ2v) is 11.0. The summed E-state index contributed by atoms with van der Waals surface area (Å²) < 4.78 is 11.3. The van der Waals surface area contributed by atoms with Crippen LogP contribution in [0.15, 0.2) is 23.0 Å². The zero-order chi connectivity index (χ0) is 20.3. The van der Waals surface area contributed by atoms with Gasteiger partial charge in [-0.05, 0) is 98.5 Å². The average Bonchev–Trinajstić information content (AvgIpc) is 3.32. The summed E-state index contributed by atoms with van der Waals surface area (Å²) in [5.74, 6) is 2.16. The Morgan fingerprint density at radius 1 is 1.07 bits per heavy atom. The molecular formula is C25H38O4. The third kappa shape index (κ3) is 2.81. The molecule has 4 aliphatic carbocycles. The fourth-order valence-electron chi connectivity index (χ4n) is 8.56. The Morgan fingerprint density at radius 2 is 1.93 bits per heavy atom. The monoisotopic (exact) mass is 402 g/mol. The van der Waals surface area contributed by atoms with Gasteiger partial charge < -0.3 is 19.4 Å².